The van der Waals surface area contributed by atoms with Gasteiger partial charge in [-0.15, -0.1) is 0 Å². The van der Waals surface area contributed by atoms with Gasteiger partial charge in [0.2, 0.25) is 0 Å². The number of nitrogens with one attached hydrogen (secondary N) is 1. The van der Waals surface area contributed by atoms with Gasteiger partial charge in [-0.2, -0.15) is 0 Å². The van der Waals surface area contributed by atoms with Gasteiger partial charge >= 0.3 is 5.97 Å². The second-order valence-electron chi connectivity index (χ2n) is 3.13. The Hall–Kier alpha value is -1.62. The zero-order chi connectivity index (χ0) is 12.1. The third kappa shape index (κ3) is 2.93. The highest BCUT2D eigenvalue weighted by molar-refractivity contribution is 6.33. The molecule has 0 radical (unpaired) electrons. The van der Waals surface area contributed by atoms with E-state index >= 15 is 0 Å². The first-order chi connectivity index (χ1) is 7.56. The number of rotatable bonds is 4. The minimum atomic E-state index is -1.07. The van der Waals surface area contributed by atoms with Crippen LogP contribution in [0.4, 0.5) is 0 Å². The quantitative estimate of drug-likeness (QED) is 0.835. The van der Waals surface area contributed by atoms with Crippen molar-refractivity contribution in [1.29, 1.82) is 0 Å². The van der Waals surface area contributed by atoms with E-state index in [1.807, 2.05) is 0 Å². The molecular weight excluding hydrogens is 232 g/mol. The summed E-state index contributed by atoms with van der Waals surface area (Å²) in [6.45, 7) is 1.67. The highest BCUT2D eigenvalue weighted by Crippen LogP contribution is 2.13. The summed E-state index contributed by atoms with van der Waals surface area (Å²) in [6, 6.07) is 0.557. The normalized spacial score (nSPS) is 11.9. The smallest absolute Gasteiger partial charge is 0.326 e. The number of aliphatic carboxylic acids is 1. The van der Waals surface area contributed by atoms with Crippen LogP contribution in [0.3, 0.4) is 0 Å². The standard InChI is InChI=1S/C10H11ClN2O3/c1-2-8(10(15)16)13-9(14)6-5-12-4-3-7(6)11/h3-5,8H,2H2,1H3,(H,13,14)(H,15,16). The number of halogens is 1. The van der Waals surface area contributed by atoms with Gasteiger partial charge in [-0.05, 0) is 12.5 Å². The van der Waals surface area contributed by atoms with E-state index in [9.17, 15) is 9.59 Å². The number of carboxylic acids is 1. The monoisotopic (exact) mass is 242 g/mol. The molecule has 1 aromatic rings. The van der Waals surface area contributed by atoms with Crippen LogP contribution in [0.1, 0.15) is 23.7 Å². The minimum absolute atomic E-state index is 0.170. The molecule has 1 heterocycles. The fourth-order valence-corrected chi connectivity index (χ4v) is 1.31. The van der Waals surface area contributed by atoms with Crippen molar-refractivity contribution in [3.63, 3.8) is 0 Å². The van der Waals surface area contributed by atoms with Crippen LogP contribution < -0.4 is 5.32 Å². The summed E-state index contributed by atoms with van der Waals surface area (Å²) in [5.74, 6) is -1.61. The number of hydrogen-bond acceptors (Lipinski definition) is 3. The van der Waals surface area contributed by atoms with Gasteiger partial charge in [0.05, 0.1) is 10.6 Å². The third-order valence-electron chi connectivity index (χ3n) is 2.02. The molecule has 1 atom stereocenters. The SMILES string of the molecule is CCC(NC(=O)c1cnccc1Cl)C(=O)O. The summed E-state index contributed by atoms with van der Waals surface area (Å²) in [7, 11) is 0. The molecule has 5 nitrogen and oxygen atoms in total. The first kappa shape index (κ1) is 12.4. The molecule has 1 aromatic heterocycles. The van der Waals surface area contributed by atoms with Crippen molar-refractivity contribution < 1.29 is 14.7 Å². The molecule has 2 N–H and O–H groups in total. The number of carbonyl (C=O) groups is 2. The second kappa shape index (κ2) is 5.46. The Morgan fingerprint density at radius 3 is 2.81 bits per heavy atom. The van der Waals surface area contributed by atoms with Crippen molar-refractivity contribution in [1.82, 2.24) is 10.3 Å². The van der Waals surface area contributed by atoms with Crippen molar-refractivity contribution >= 4 is 23.5 Å². The van der Waals surface area contributed by atoms with E-state index in [4.69, 9.17) is 16.7 Å². The lowest BCUT2D eigenvalue weighted by molar-refractivity contribution is -0.139. The maximum atomic E-state index is 11.6. The van der Waals surface area contributed by atoms with Gasteiger partial charge in [0.15, 0.2) is 0 Å². The molecule has 0 aliphatic carbocycles. The number of hydrogen-bond donors (Lipinski definition) is 2. The Kier molecular flexibility index (Phi) is 4.25. The molecular formula is C10H11ClN2O3. The predicted molar refractivity (Wildman–Crippen MR) is 58.4 cm³/mol. The van der Waals surface area contributed by atoms with Gasteiger partial charge in [0.1, 0.15) is 6.04 Å². The van der Waals surface area contributed by atoms with Crippen molar-refractivity contribution in [3.05, 3.63) is 29.0 Å². The van der Waals surface area contributed by atoms with Crippen molar-refractivity contribution in [2.75, 3.05) is 0 Å². The molecule has 0 aromatic carbocycles. The fourth-order valence-electron chi connectivity index (χ4n) is 1.12. The maximum Gasteiger partial charge on any atom is 0.326 e. The Labute approximate surface area is 97.4 Å². The van der Waals surface area contributed by atoms with Crippen LogP contribution in [0.2, 0.25) is 5.02 Å². The lowest BCUT2D eigenvalue weighted by Gasteiger charge is -2.12. The zero-order valence-corrected chi connectivity index (χ0v) is 9.36. The van der Waals surface area contributed by atoms with Gasteiger partial charge in [-0.1, -0.05) is 18.5 Å². The van der Waals surface area contributed by atoms with E-state index in [0.717, 1.165) is 0 Å². The Morgan fingerprint density at radius 2 is 2.31 bits per heavy atom. The largest absolute Gasteiger partial charge is 0.480 e. The predicted octanol–water partition coefficient (Wildman–Crippen LogP) is 1.33. The molecule has 0 fully saturated rings. The number of nitrogens with zero attached hydrogens (tertiary/aromatic N) is 1. The molecule has 0 saturated heterocycles. The van der Waals surface area contributed by atoms with Gasteiger partial charge in [-0.3, -0.25) is 9.78 Å². The van der Waals surface area contributed by atoms with Crippen LogP contribution in [0.5, 0.6) is 0 Å². The number of aromatic nitrogens is 1. The van der Waals surface area contributed by atoms with Gasteiger partial charge in [0.25, 0.3) is 5.91 Å². The molecule has 0 bridgehead atoms. The Balaban J connectivity index is 2.80. The first-order valence-electron chi connectivity index (χ1n) is 4.69. The van der Waals surface area contributed by atoms with E-state index in [1.165, 1.54) is 18.5 Å². The van der Waals surface area contributed by atoms with Gasteiger partial charge < -0.3 is 10.4 Å². The van der Waals surface area contributed by atoms with E-state index in [1.54, 1.807) is 6.92 Å². The number of carbonyl (C=O) groups excluding carboxylic acids is 1. The van der Waals surface area contributed by atoms with E-state index in [-0.39, 0.29) is 10.6 Å². The van der Waals surface area contributed by atoms with Crippen LogP contribution >= 0.6 is 11.6 Å². The molecule has 86 valence electrons. The van der Waals surface area contributed by atoms with Crippen LogP contribution in [-0.2, 0) is 4.79 Å². The summed E-state index contributed by atoms with van der Waals surface area (Å²) in [4.78, 5) is 26.1. The lowest BCUT2D eigenvalue weighted by Crippen LogP contribution is -2.40. The fraction of sp³-hybridized carbons (Fsp3) is 0.300. The number of pyridine rings is 1. The van der Waals surface area contributed by atoms with E-state index in [0.29, 0.717) is 6.42 Å². The van der Waals surface area contributed by atoms with E-state index < -0.39 is 17.9 Å². The summed E-state index contributed by atoms with van der Waals surface area (Å²) < 4.78 is 0. The Bertz CT molecular complexity index is 409. The molecule has 0 aliphatic heterocycles. The highest BCUT2D eigenvalue weighted by atomic mass is 35.5. The van der Waals surface area contributed by atoms with Crippen LogP contribution in [0.25, 0.3) is 0 Å². The average molecular weight is 243 g/mol. The summed E-state index contributed by atoms with van der Waals surface area (Å²) >= 11 is 5.78. The molecule has 1 unspecified atom stereocenters. The van der Waals surface area contributed by atoms with Crippen LogP contribution in [0, 0.1) is 0 Å². The number of carboxylic acid groups (broad SMARTS) is 1. The molecule has 6 heteroatoms. The van der Waals surface area contributed by atoms with Crippen LogP contribution in [0.15, 0.2) is 18.5 Å². The van der Waals surface area contributed by atoms with Crippen molar-refractivity contribution in [2.24, 2.45) is 0 Å². The van der Waals surface area contributed by atoms with Gasteiger partial charge in [0, 0.05) is 12.4 Å². The lowest BCUT2D eigenvalue weighted by atomic mass is 10.2. The summed E-state index contributed by atoms with van der Waals surface area (Å²) in [5.41, 5.74) is 0.170. The maximum absolute atomic E-state index is 11.6. The first-order valence-corrected chi connectivity index (χ1v) is 5.07. The number of amides is 1. The third-order valence-corrected chi connectivity index (χ3v) is 2.35. The summed E-state index contributed by atoms with van der Waals surface area (Å²) in [5, 5.41) is 11.4. The zero-order valence-electron chi connectivity index (χ0n) is 8.61. The Morgan fingerprint density at radius 1 is 1.62 bits per heavy atom. The molecule has 16 heavy (non-hydrogen) atoms. The highest BCUT2D eigenvalue weighted by Gasteiger charge is 2.19. The minimum Gasteiger partial charge on any atom is -0.480 e. The average Bonchev–Trinajstić information content (AvgIpc) is 2.25. The molecule has 1 amide bonds. The van der Waals surface area contributed by atoms with E-state index in [2.05, 4.69) is 10.3 Å². The molecule has 0 spiro atoms. The molecule has 0 saturated carbocycles. The summed E-state index contributed by atoms with van der Waals surface area (Å²) in [6.07, 6.45) is 3.05. The van der Waals surface area contributed by atoms with Gasteiger partial charge in [-0.25, -0.2) is 4.79 Å². The van der Waals surface area contributed by atoms with Crippen molar-refractivity contribution in [3.8, 4) is 0 Å². The topological polar surface area (TPSA) is 79.3 Å². The van der Waals surface area contributed by atoms with Crippen molar-refractivity contribution in [2.45, 2.75) is 19.4 Å². The molecule has 1 rings (SSSR count). The second-order valence-corrected chi connectivity index (χ2v) is 3.54. The van der Waals surface area contributed by atoms with Crippen LogP contribution in [-0.4, -0.2) is 28.0 Å². The molecule has 0 aliphatic rings.